The Hall–Kier alpha value is -0.420. The molecule has 1 aliphatic rings. The molecule has 1 N–H and O–H groups in total. The first-order valence-corrected chi connectivity index (χ1v) is 7.66. The number of hydrogen-bond donors (Lipinski definition) is 1. The average molecular weight is 327 g/mol. The third-order valence-corrected chi connectivity index (χ3v) is 4.29. The molecule has 1 aromatic carbocycles. The van der Waals surface area contributed by atoms with Crippen molar-refractivity contribution in [3.63, 3.8) is 0 Å². The number of nitrogens with zero attached hydrogens (tertiary/aromatic N) is 1. The average Bonchev–Trinajstić information content (AvgIpc) is 2.42. The molecule has 0 radical (unpaired) electrons. The lowest BCUT2D eigenvalue weighted by Gasteiger charge is -2.34. The van der Waals surface area contributed by atoms with Gasteiger partial charge in [0, 0.05) is 36.1 Å². The van der Waals surface area contributed by atoms with Crippen molar-refractivity contribution in [1.82, 2.24) is 10.2 Å². The molecule has 0 amide bonds. The van der Waals surface area contributed by atoms with Crippen molar-refractivity contribution in [2.45, 2.75) is 19.0 Å². The standard InChI is InChI=1S/C15H23BrN2O/c1-17-15-7-8-19-11-13(15)10-18(2)9-12-3-5-14(16)6-4-12/h3-6,13,15,17H,7-11H2,1-2H3. The molecule has 1 fully saturated rings. The number of hydrogen-bond acceptors (Lipinski definition) is 3. The van der Waals surface area contributed by atoms with Crippen molar-refractivity contribution >= 4 is 15.9 Å². The van der Waals surface area contributed by atoms with E-state index < -0.39 is 0 Å². The molecule has 1 saturated heterocycles. The van der Waals surface area contributed by atoms with Gasteiger partial charge in [0.2, 0.25) is 0 Å². The van der Waals surface area contributed by atoms with Crippen LogP contribution in [0.1, 0.15) is 12.0 Å². The molecule has 1 aromatic rings. The van der Waals surface area contributed by atoms with Crippen molar-refractivity contribution in [2.24, 2.45) is 5.92 Å². The number of benzene rings is 1. The van der Waals surface area contributed by atoms with Gasteiger partial charge in [0.15, 0.2) is 0 Å². The molecule has 106 valence electrons. The highest BCUT2D eigenvalue weighted by molar-refractivity contribution is 9.10. The maximum Gasteiger partial charge on any atom is 0.0521 e. The smallest absolute Gasteiger partial charge is 0.0521 e. The van der Waals surface area contributed by atoms with Gasteiger partial charge in [-0.25, -0.2) is 0 Å². The summed E-state index contributed by atoms with van der Waals surface area (Å²) in [6, 6.07) is 9.13. The predicted octanol–water partition coefficient (Wildman–Crippen LogP) is 2.51. The van der Waals surface area contributed by atoms with Gasteiger partial charge >= 0.3 is 0 Å². The van der Waals surface area contributed by atoms with Crippen molar-refractivity contribution in [2.75, 3.05) is 33.9 Å². The quantitative estimate of drug-likeness (QED) is 0.899. The summed E-state index contributed by atoms with van der Waals surface area (Å²) in [6.45, 7) is 3.82. The fraction of sp³-hybridized carbons (Fsp3) is 0.600. The molecule has 0 saturated carbocycles. The first-order valence-electron chi connectivity index (χ1n) is 6.87. The van der Waals surface area contributed by atoms with E-state index in [1.54, 1.807) is 0 Å². The maximum atomic E-state index is 5.61. The van der Waals surface area contributed by atoms with Gasteiger partial charge in [0.05, 0.1) is 6.61 Å². The molecule has 19 heavy (non-hydrogen) atoms. The zero-order chi connectivity index (χ0) is 13.7. The Balaban J connectivity index is 1.86. The van der Waals surface area contributed by atoms with Crippen LogP contribution in [0.4, 0.5) is 0 Å². The van der Waals surface area contributed by atoms with Crippen LogP contribution in [-0.4, -0.2) is 44.8 Å². The SMILES string of the molecule is CNC1CCOCC1CN(C)Cc1ccc(Br)cc1. The third kappa shape index (κ3) is 4.56. The van der Waals surface area contributed by atoms with Gasteiger partial charge in [-0.2, -0.15) is 0 Å². The summed E-state index contributed by atoms with van der Waals surface area (Å²) in [5.41, 5.74) is 1.35. The van der Waals surface area contributed by atoms with Gasteiger partial charge in [-0.05, 0) is 38.2 Å². The summed E-state index contributed by atoms with van der Waals surface area (Å²) in [5.74, 6) is 0.583. The lowest BCUT2D eigenvalue weighted by Crippen LogP contribution is -2.45. The fourth-order valence-corrected chi connectivity index (χ4v) is 2.99. The van der Waals surface area contributed by atoms with E-state index in [2.05, 4.69) is 64.5 Å². The van der Waals surface area contributed by atoms with E-state index in [4.69, 9.17) is 4.74 Å². The molecule has 1 heterocycles. The summed E-state index contributed by atoms with van der Waals surface area (Å²) >= 11 is 3.47. The summed E-state index contributed by atoms with van der Waals surface area (Å²) < 4.78 is 6.74. The number of rotatable bonds is 5. The molecule has 0 spiro atoms. The van der Waals surface area contributed by atoms with Gasteiger partial charge in [-0.3, -0.25) is 0 Å². The van der Waals surface area contributed by atoms with Crippen LogP contribution in [0.25, 0.3) is 0 Å². The van der Waals surface area contributed by atoms with Crippen LogP contribution in [0.3, 0.4) is 0 Å². The topological polar surface area (TPSA) is 24.5 Å². The molecule has 3 nitrogen and oxygen atoms in total. The largest absolute Gasteiger partial charge is 0.381 e. The van der Waals surface area contributed by atoms with E-state index in [1.165, 1.54) is 5.56 Å². The molecule has 2 unspecified atom stereocenters. The molecule has 4 heteroatoms. The summed E-state index contributed by atoms with van der Waals surface area (Å²) in [4.78, 5) is 2.38. The van der Waals surface area contributed by atoms with E-state index in [9.17, 15) is 0 Å². The van der Waals surface area contributed by atoms with Crippen LogP contribution in [0.5, 0.6) is 0 Å². The van der Waals surface area contributed by atoms with E-state index in [0.717, 1.165) is 37.2 Å². The van der Waals surface area contributed by atoms with Gasteiger partial charge in [0.1, 0.15) is 0 Å². The van der Waals surface area contributed by atoms with E-state index in [0.29, 0.717) is 12.0 Å². The fourth-order valence-electron chi connectivity index (χ4n) is 2.72. The lowest BCUT2D eigenvalue weighted by molar-refractivity contribution is 0.0208. The second-order valence-corrected chi connectivity index (χ2v) is 6.26. The van der Waals surface area contributed by atoms with Crippen LogP contribution in [0.15, 0.2) is 28.7 Å². The Morgan fingerprint density at radius 2 is 2.11 bits per heavy atom. The monoisotopic (exact) mass is 326 g/mol. The minimum Gasteiger partial charge on any atom is -0.381 e. The molecule has 0 aromatic heterocycles. The van der Waals surface area contributed by atoms with E-state index in [-0.39, 0.29) is 0 Å². The normalized spacial score (nSPS) is 23.8. The Morgan fingerprint density at radius 3 is 2.79 bits per heavy atom. The Kier molecular flexibility index (Phi) is 5.82. The second kappa shape index (κ2) is 7.39. The summed E-state index contributed by atoms with van der Waals surface area (Å²) in [6.07, 6.45) is 1.12. The van der Waals surface area contributed by atoms with E-state index >= 15 is 0 Å². The number of nitrogens with one attached hydrogen (secondary N) is 1. The van der Waals surface area contributed by atoms with Gasteiger partial charge in [-0.1, -0.05) is 28.1 Å². The first kappa shape index (κ1) is 15.0. The van der Waals surface area contributed by atoms with Gasteiger partial charge in [0.25, 0.3) is 0 Å². The van der Waals surface area contributed by atoms with Crippen molar-refractivity contribution < 1.29 is 4.74 Å². The van der Waals surface area contributed by atoms with Crippen molar-refractivity contribution in [3.05, 3.63) is 34.3 Å². The van der Waals surface area contributed by atoms with Gasteiger partial charge < -0.3 is 15.0 Å². The molecule has 2 rings (SSSR count). The maximum absolute atomic E-state index is 5.61. The highest BCUT2D eigenvalue weighted by Gasteiger charge is 2.25. The Bertz CT molecular complexity index is 382. The predicted molar refractivity (Wildman–Crippen MR) is 82.2 cm³/mol. The van der Waals surface area contributed by atoms with Crippen LogP contribution in [-0.2, 0) is 11.3 Å². The minimum absolute atomic E-state index is 0.583. The van der Waals surface area contributed by atoms with Gasteiger partial charge in [-0.15, -0.1) is 0 Å². The number of halogens is 1. The highest BCUT2D eigenvalue weighted by atomic mass is 79.9. The van der Waals surface area contributed by atoms with Crippen LogP contribution < -0.4 is 5.32 Å². The molecular weight excluding hydrogens is 304 g/mol. The summed E-state index contributed by atoms with van der Waals surface area (Å²) in [5, 5.41) is 3.42. The number of ether oxygens (including phenoxy) is 1. The first-order chi connectivity index (χ1) is 9.19. The second-order valence-electron chi connectivity index (χ2n) is 5.34. The zero-order valence-corrected chi connectivity index (χ0v) is 13.3. The summed E-state index contributed by atoms with van der Waals surface area (Å²) in [7, 11) is 4.24. The Morgan fingerprint density at radius 1 is 1.37 bits per heavy atom. The molecular formula is C15H23BrN2O. The molecule has 2 atom stereocenters. The molecule has 1 aliphatic heterocycles. The molecule has 0 bridgehead atoms. The van der Waals surface area contributed by atoms with Crippen LogP contribution >= 0.6 is 15.9 Å². The van der Waals surface area contributed by atoms with Crippen molar-refractivity contribution in [1.29, 1.82) is 0 Å². The third-order valence-electron chi connectivity index (χ3n) is 3.76. The van der Waals surface area contributed by atoms with Crippen molar-refractivity contribution in [3.8, 4) is 0 Å². The molecule has 0 aliphatic carbocycles. The van der Waals surface area contributed by atoms with Crippen LogP contribution in [0, 0.1) is 5.92 Å². The lowest BCUT2D eigenvalue weighted by atomic mass is 9.95. The Labute approximate surface area is 124 Å². The minimum atomic E-state index is 0.583. The zero-order valence-electron chi connectivity index (χ0n) is 11.7. The highest BCUT2D eigenvalue weighted by Crippen LogP contribution is 2.17. The van der Waals surface area contributed by atoms with Crippen LogP contribution in [0.2, 0.25) is 0 Å². The van der Waals surface area contributed by atoms with E-state index in [1.807, 2.05) is 0 Å².